The fraction of sp³-hybridized carbons (Fsp3) is 0.520. The lowest BCUT2D eigenvalue weighted by Gasteiger charge is -2.31. The van der Waals surface area contributed by atoms with Gasteiger partial charge in [-0.05, 0) is 56.7 Å². The molecule has 4 rings (SSSR count). The zero-order chi connectivity index (χ0) is 24.9. The summed E-state index contributed by atoms with van der Waals surface area (Å²) < 4.78 is 7.43. The van der Waals surface area contributed by atoms with Gasteiger partial charge < -0.3 is 20.3 Å². The number of hydroxylamine groups is 2. The van der Waals surface area contributed by atoms with Crippen LogP contribution in [-0.2, 0) is 18.3 Å². The Hall–Kier alpha value is -3.40. The average Bonchev–Trinajstić information content (AvgIpc) is 3.15. The quantitative estimate of drug-likeness (QED) is 0.455. The van der Waals surface area contributed by atoms with Crippen molar-refractivity contribution in [2.24, 2.45) is 18.7 Å². The molecule has 0 radical (unpaired) electrons. The van der Waals surface area contributed by atoms with Gasteiger partial charge in [-0.1, -0.05) is 13.3 Å². The number of H-pyrrole nitrogens is 1. The van der Waals surface area contributed by atoms with Crippen LogP contribution in [0, 0.1) is 5.92 Å². The van der Waals surface area contributed by atoms with E-state index in [1.165, 1.54) is 0 Å². The highest BCUT2D eigenvalue weighted by Gasteiger charge is 2.22. The first kappa shape index (κ1) is 24.7. The minimum absolute atomic E-state index is 0.242. The molecule has 0 atom stereocenters. The van der Waals surface area contributed by atoms with Crippen molar-refractivity contribution in [1.29, 1.82) is 0 Å². The van der Waals surface area contributed by atoms with Gasteiger partial charge in [0.1, 0.15) is 22.8 Å². The molecule has 0 bridgehead atoms. The van der Waals surface area contributed by atoms with Crippen molar-refractivity contribution in [2.45, 2.75) is 52.4 Å². The number of nitrogens with one attached hydrogen (secondary N) is 1. The Bertz CT molecular complexity index is 1240. The van der Waals surface area contributed by atoms with Crippen molar-refractivity contribution in [2.75, 3.05) is 19.7 Å². The third-order valence-electron chi connectivity index (χ3n) is 6.36. The van der Waals surface area contributed by atoms with Crippen LogP contribution >= 0.6 is 0 Å². The van der Waals surface area contributed by atoms with E-state index in [2.05, 4.69) is 17.0 Å². The number of nitrogens with two attached hydrogens (primary N) is 1. The van der Waals surface area contributed by atoms with Gasteiger partial charge in [-0.3, -0.25) is 14.3 Å². The van der Waals surface area contributed by atoms with Crippen molar-refractivity contribution in [3.63, 3.8) is 0 Å². The van der Waals surface area contributed by atoms with Gasteiger partial charge in [-0.15, -0.1) is 5.06 Å². The summed E-state index contributed by atoms with van der Waals surface area (Å²) in [6.07, 6.45) is 4.80. The van der Waals surface area contributed by atoms with E-state index in [1.54, 1.807) is 11.7 Å². The molecular formula is C25H34N6O4. The predicted octanol–water partition coefficient (Wildman–Crippen LogP) is 2.95. The molecule has 0 spiro atoms. The van der Waals surface area contributed by atoms with Crippen molar-refractivity contribution >= 4 is 16.9 Å². The second kappa shape index (κ2) is 10.9. The highest BCUT2D eigenvalue weighted by molar-refractivity contribution is 5.80. The molecule has 0 saturated carbocycles. The molecule has 188 valence electrons. The number of carbonyl (C=O) groups is 1. The van der Waals surface area contributed by atoms with Crippen LogP contribution in [0.4, 0.5) is 0 Å². The lowest BCUT2D eigenvalue weighted by Crippen LogP contribution is -2.36. The number of amides is 1. The number of hydrogen-bond donors (Lipinski definition) is 2. The van der Waals surface area contributed by atoms with Gasteiger partial charge >= 0.3 is 0 Å². The Balaban J connectivity index is 1.60. The Kier molecular flexibility index (Phi) is 7.70. The van der Waals surface area contributed by atoms with Crippen LogP contribution < -0.4 is 20.9 Å². The summed E-state index contributed by atoms with van der Waals surface area (Å²) in [5.74, 6) is 1.92. The number of aromatic nitrogens is 4. The van der Waals surface area contributed by atoms with Crippen LogP contribution in [0.1, 0.15) is 51.6 Å². The number of primary amides is 1. The van der Waals surface area contributed by atoms with E-state index < -0.39 is 0 Å². The molecule has 1 saturated heterocycles. The molecule has 3 N–H and O–H groups in total. The normalized spacial score (nSPS) is 14.9. The van der Waals surface area contributed by atoms with Gasteiger partial charge in [0.05, 0.1) is 17.9 Å². The first-order valence-electron chi connectivity index (χ1n) is 12.3. The number of aryl methyl sites for hydroxylation is 2. The van der Waals surface area contributed by atoms with E-state index in [9.17, 15) is 9.59 Å². The van der Waals surface area contributed by atoms with Gasteiger partial charge in [-0.2, -0.15) is 5.10 Å². The van der Waals surface area contributed by atoms with Crippen LogP contribution in [-0.4, -0.2) is 50.4 Å². The molecule has 2 aromatic heterocycles. The molecule has 0 unspecified atom stereocenters. The van der Waals surface area contributed by atoms with E-state index in [0.717, 1.165) is 50.9 Å². The fourth-order valence-electron chi connectivity index (χ4n) is 4.60. The molecule has 1 aliphatic heterocycles. The summed E-state index contributed by atoms with van der Waals surface area (Å²) in [7, 11) is 1.76. The van der Waals surface area contributed by atoms with Gasteiger partial charge in [0.15, 0.2) is 5.52 Å². The van der Waals surface area contributed by atoms with E-state index in [0.29, 0.717) is 52.9 Å². The number of aromatic amines is 1. The molecule has 3 heterocycles. The number of piperidine rings is 1. The van der Waals surface area contributed by atoms with Crippen LogP contribution in [0.5, 0.6) is 11.5 Å². The molecule has 3 aromatic rings. The molecule has 1 amide bonds. The maximum absolute atomic E-state index is 12.9. The van der Waals surface area contributed by atoms with Crippen LogP contribution in [0.15, 0.2) is 23.0 Å². The zero-order valence-corrected chi connectivity index (χ0v) is 20.7. The third kappa shape index (κ3) is 5.64. The standard InChI is InChI=1S/C25H34N6O4/c1-4-6-19-22-23(30(3)29-19)25(33)28-24(27-22)18-15-17(8-9-20(18)34-5-2)35-31-13-11-16(12-14-31)7-10-21(26)32/h8-9,15-16H,4-7,10-14H2,1-3H3,(H2,26,32)(H,27,28,33). The molecule has 1 aliphatic rings. The summed E-state index contributed by atoms with van der Waals surface area (Å²) in [5, 5.41) is 6.43. The minimum atomic E-state index is -0.247. The Morgan fingerprint density at radius 2 is 2.03 bits per heavy atom. The smallest absolute Gasteiger partial charge is 0.277 e. The lowest BCUT2D eigenvalue weighted by atomic mass is 9.93. The first-order valence-corrected chi connectivity index (χ1v) is 12.3. The minimum Gasteiger partial charge on any atom is -0.493 e. The monoisotopic (exact) mass is 482 g/mol. The lowest BCUT2D eigenvalue weighted by molar-refractivity contribution is -0.118. The van der Waals surface area contributed by atoms with Crippen LogP contribution in [0.25, 0.3) is 22.4 Å². The van der Waals surface area contributed by atoms with E-state index in [4.69, 9.17) is 20.3 Å². The van der Waals surface area contributed by atoms with Crippen molar-refractivity contribution in [1.82, 2.24) is 24.8 Å². The van der Waals surface area contributed by atoms with E-state index in [-0.39, 0.29) is 11.5 Å². The molecule has 0 aliphatic carbocycles. The second-order valence-electron chi connectivity index (χ2n) is 8.99. The molecule has 10 nitrogen and oxygen atoms in total. The highest BCUT2D eigenvalue weighted by atomic mass is 16.7. The number of ether oxygens (including phenoxy) is 1. The second-order valence-corrected chi connectivity index (χ2v) is 8.99. The number of benzene rings is 1. The predicted molar refractivity (Wildman–Crippen MR) is 133 cm³/mol. The van der Waals surface area contributed by atoms with Gasteiger partial charge in [-0.25, -0.2) is 4.98 Å². The average molecular weight is 483 g/mol. The number of rotatable bonds is 10. The van der Waals surface area contributed by atoms with E-state index in [1.807, 2.05) is 30.2 Å². The van der Waals surface area contributed by atoms with Gasteiger partial charge in [0.2, 0.25) is 5.91 Å². The summed E-state index contributed by atoms with van der Waals surface area (Å²) in [6.45, 7) is 6.00. The van der Waals surface area contributed by atoms with Gasteiger partial charge in [0, 0.05) is 26.6 Å². The Morgan fingerprint density at radius 3 is 2.71 bits per heavy atom. The number of nitrogens with zero attached hydrogens (tertiary/aromatic N) is 4. The molecule has 1 aromatic carbocycles. The van der Waals surface area contributed by atoms with Crippen molar-refractivity contribution < 1.29 is 14.4 Å². The number of carbonyl (C=O) groups excluding carboxylic acids is 1. The Morgan fingerprint density at radius 1 is 1.26 bits per heavy atom. The summed E-state index contributed by atoms with van der Waals surface area (Å²) >= 11 is 0. The third-order valence-corrected chi connectivity index (χ3v) is 6.36. The summed E-state index contributed by atoms with van der Waals surface area (Å²) in [4.78, 5) is 37.9. The summed E-state index contributed by atoms with van der Waals surface area (Å²) in [5.41, 5.74) is 7.58. The molecule has 35 heavy (non-hydrogen) atoms. The summed E-state index contributed by atoms with van der Waals surface area (Å²) in [6, 6.07) is 5.55. The number of hydrogen-bond acceptors (Lipinski definition) is 7. The van der Waals surface area contributed by atoms with Gasteiger partial charge in [0.25, 0.3) is 5.56 Å². The van der Waals surface area contributed by atoms with Crippen molar-refractivity contribution in [3.05, 3.63) is 34.2 Å². The fourth-order valence-corrected chi connectivity index (χ4v) is 4.60. The van der Waals surface area contributed by atoms with E-state index >= 15 is 0 Å². The highest BCUT2D eigenvalue weighted by Crippen LogP contribution is 2.33. The van der Waals surface area contributed by atoms with Crippen molar-refractivity contribution in [3.8, 4) is 22.9 Å². The number of fused-ring (bicyclic) bond motifs is 1. The molecule has 10 heteroatoms. The SMILES string of the molecule is CCCc1nn(C)c2c(=O)[nH]c(-c3cc(ON4CCC(CCC(N)=O)CC4)ccc3OCC)nc12. The Labute approximate surface area is 204 Å². The maximum atomic E-state index is 12.9. The largest absolute Gasteiger partial charge is 0.493 e. The topological polar surface area (TPSA) is 128 Å². The molecule has 1 fully saturated rings. The van der Waals surface area contributed by atoms with Crippen LogP contribution in [0.3, 0.4) is 0 Å². The molecular weight excluding hydrogens is 448 g/mol. The zero-order valence-electron chi connectivity index (χ0n) is 20.7. The first-order chi connectivity index (χ1) is 16.9. The van der Waals surface area contributed by atoms with Crippen LogP contribution in [0.2, 0.25) is 0 Å². The maximum Gasteiger partial charge on any atom is 0.277 e.